The van der Waals surface area contributed by atoms with Crippen molar-refractivity contribution in [2.45, 2.75) is 35.4 Å². The number of ether oxygens (including phenoxy) is 2. The van der Waals surface area contributed by atoms with E-state index in [1.54, 1.807) is 42.5 Å². The number of sulfone groups is 1. The lowest BCUT2D eigenvalue weighted by atomic mass is 9.96. The van der Waals surface area contributed by atoms with E-state index in [9.17, 15) is 23.3 Å². The number of nitriles is 1. The second kappa shape index (κ2) is 11.0. The van der Waals surface area contributed by atoms with Crippen molar-refractivity contribution in [2.24, 2.45) is 5.73 Å². The SMILES string of the molecule is COC(=O)OC1Cc2ccccc2CN1C(=O)[C@@](N)(Cc1cccc(C#N)c1)S(=O)(=O)c1ccc2ccccc2c1. The largest absolute Gasteiger partial charge is 0.509 e. The van der Waals surface area contributed by atoms with Crippen LogP contribution in [0.2, 0.25) is 0 Å². The molecule has 1 heterocycles. The van der Waals surface area contributed by atoms with Crippen molar-refractivity contribution < 1.29 is 27.5 Å². The van der Waals surface area contributed by atoms with Gasteiger partial charge in [-0.15, -0.1) is 0 Å². The Labute approximate surface area is 237 Å². The van der Waals surface area contributed by atoms with Gasteiger partial charge in [0, 0.05) is 19.4 Å². The molecule has 5 rings (SSSR count). The summed E-state index contributed by atoms with van der Waals surface area (Å²) in [6.07, 6.45) is -2.49. The number of hydrogen-bond donors (Lipinski definition) is 1. The first kappa shape index (κ1) is 27.8. The highest BCUT2D eigenvalue weighted by Crippen LogP contribution is 2.33. The van der Waals surface area contributed by atoms with Crippen molar-refractivity contribution >= 4 is 32.7 Å². The lowest BCUT2D eigenvalue weighted by molar-refractivity contribution is -0.148. The predicted octanol–water partition coefficient (Wildman–Crippen LogP) is 4.08. The number of methoxy groups -OCH3 is 1. The summed E-state index contributed by atoms with van der Waals surface area (Å²) < 4.78 is 38.9. The van der Waals surface area contributed by atoms with Gasteiger partial charge in [0.25, 0.3) is 5.91 Å². The molecule has 0 spiro atoms. The second-order valence-corrected chi connectivity index (χ2v) is 12.0. The Morgan fingerprint density at radius 3 is 2.41 bits per heavy atom. The van der Waals surface area contributed by atoms with Crippen LogP contribution in [0.4, 0.5) is 4.79 Å². The Balaban J connectivity index is 1.64. The molecule has 0 aliphatic carbocycles. The minimum atomic E-state index is -4.56. The number of nitrogens with two attached hydrogens (primary N) is 1. The van der Waals surface area contributed by atoms with Gasteiger partial charge in [-0.2, -0.15) is 5.26 Å². The Morgan fingerprint density at radius 1 is 0.976 bits per heavy atom. The fourth-order valence-corrected chi connectivity index (χ4v) is 6.74. The first-order valence-corrected chi connectivity index (χ1v) is 14.3. The molecule has 0 saturated carbocycles. The molecule has 0 radical (unpaired) electrons. The third-order valence-electron chi connectivity index (χ3n) is 7.26. The van der Waals surface area contributed by atoms with Gasteiger partial charge >= 0.3 is 6.16 Å². The maximum atomic E-state index is 14.5. The van der Waals surface area contributed by atoms with Crippen LogP contribution >= 0.6 is 0 Å². The topological polar surface area (TPSA) is 140 Å². The molecule has 2 atom stereocenters. The van der Waals surface area contributed by atoms with Crippen LogP contribution in [-0.4, -0.2) is 43.6 Å². The van der Waals surface area contributed by atoms with Crippen LogP contribution in [0, 0.1) is 11.3 Å². The van der Waals surface area contributed by atoms with Gasteiger partial charge in [0.05, 0.1) is 23.6 Å². The van der Waals surface area contributed by atoms with Crippen LogP contribution in [0.15, 0.2) is 95.9 Å². The normalized spacial score (nSPS) is 16.2. The van der Waals surface area contributed by atoms with E-state index in [-0.39, 0.29) is 17.9 Å². The maximum absolute atomic E-state index is 14.5. The highest BCUT2D eigenvalue weighted by atomic mass is 32.2. The molecular formula is C31H27N3O6S. The van der Waals surface area contributed by atoms with Gasteiger partial charge in [-0.05, 0) is 51.7 Å². The smallest absolute Gasteiger partial charge is 0.438 e. The fourth-order valence-electron chi connectivity index (χ4n) is 5.09. The van der Waals surface area contributed by atoms with Gasteiger partial charge in [0.2, 0.25) is 14.7 Å². The Morgan fingerprint density at radius 2 is 1.68 bits per heavy atom. The van der Waals surface area contributed by atoms with Crippen LogP contribution < -0.4 is 5.73 Å². The second-order valence-electron chi connectivity index (χ2n) is 9.82. The van der Waals surface area contributed by atoms with Gasteiger partial charge in [-0.1, -0.05) is 66.7 Å². The van der Waals surface area contributed by atoms with Crippen molar-refractivity contribution in [3.63, 3.8) is 0 Å². The predicted molar refractivity (Wildman–Crippen MR) is 151 cm³/mol. The molecule has 9 nitrogen and oxygen atoms in total. The Kier molecular flexibility index (Phi) is 7.49. The zero-order valence-corrected chi connectivity index (χ0v) is 23.0. The van der Waals surface area contributed by atoms with E-state index in [1.165, 1.54) is 23.1 Å². The molecule has 10 heteroatoms. The average Bonchev–Trinajstić information content (AvgIpc) is 2.99. The van der Waals surface area contributed by atoms with Crippen molar-refractivity contribution in [3.8, 4) is 6.07 Å². The third-order valence-corrected chi connectivity index (χ3v) is 9.41. The van der Waals surface area contributed by atoms with Crippen LogP contribution in [0.25, 0.3) is 10.8 Å². The number of fused-ring (bicyclic) bond motifs is 2. The zero-order valence-electron chi connectivity index (χ0n) is 22.2. The molecule has 0 fully saturated rings. The van der Waals surface area contributed by atoms with Crippen molar-refractivity contribution in [2.75, 3.05) is 7.11 Å². The molecule has 2 N–H and O–H groups in total. The fraction of sp³-hybridized carbons (Fsp3) is 0.194. The Hall–Kier alpha value is -4.72. The molecule has 41 heavy (non-hydrogen) atoms. The van der Waals surface area contributed by atoms with Crippen LogP contribution in [-0.2, 0) is 43.5 Å². The number of amides is 1. The molecule has 1 aliphatic heterocycles. The molecule has 0 saturated heterocycles. The van der Waals surface area contributed by atoms with E-state index < -0.39 is 39.4 Å². The summed E-state index contributed by atoms with van der Waals surface area (Å²) in [6.45, 7) is -0.0406. The number of carbonyl (C=O) groups excluding carboxylic acids is 2. The summed E-state index contributed by atoms with van der Waals surface area (Å²) in [4.78, 5) is 25.1. The van der Waals surface area contributed by atoms with Crippen molar-refractivity contribution in [1.29, 1.82) is 5.26 Å². The highest BCUT2D eigenvalue weighted by Gasteiger charge is 2.52. The average molecular weight is 570 g/mol. The zero-order chi connectivity index (χ0) is 29.2. The van der Waals surface area contributed by atoms with Gasteiger partial charge in [0.15, 0.2) is 6.23 Å². The van der Waals surface area contributed by atoms with E-state index >= 15 is 0 Å². The monoisotopic (exact) mass is 569 g/mol. The molecule has 0 aromatic heterocycles. The summed E-state index contributed by atoms with van der Waals surface area (Å²) in [5.74, 6) is -0.948. The summed E-state index contributed by atoms with van der Waals surface area (Å²) in [6, 6.07) is 27.4. The molecule has 4 aromatic rings. The molecular weight excluding hydrogens is 542 g/mol. The number of rotatable bonds is 6. The summed E-state index contributed by atoms with van der Waals surface area (Å²) in [5, 5.41) is 10.9. The standard InChI is InChI=1S/C31H27N3O6S/c1-39-30(36)40-28-17-25-11-4-5-12-26(25)20-34(28)29(35)31(33,18-21-7-6-8-22(15-21)19-32)41(37,38)27-14-13-23-9-2-3-10-24(23)16-27/h2-16,28H,17-18,20,33H2,1H3/t28?,31-/m1/s1. The van der Waals surface area contributed by atoms with E-state index in [1.807, 2.05) is 36.4 Å². The van der Waals surface area contributed by atoms with Gasteiger partial charge in [-0.25, -0.2) is 13.2 Å². The number of benzene rings is 4. The van der Waals surface area contributed by atoms with Crippen LogP contribution in [0.1, 0.15) is 22.3 Å². The van der Waals surface area contributed by atoms with Crippen molar-refractivity contribution in [3.05, 3.63) is 113 Å². The Bertz CT molecular complexity index is 1800. The van der Waals surface area contributed by atoms with Gasteiger partial charge in [0.1, 0.15) is 0 Å². The van der Waals surface area contributed by atoms with E-state index in [0.29, 0.717) is 16.5 Å². The molecule has 0 bridgehead atoms. The quantitative estimate of drug-likeness (QED) is 0.343. The van der Waals surface area contributed by atoms with Gasteiger partial charge < -0.3 is 15.2 Å². The van der Waals surface area contributed by atoms with E-state index in [0.717, 1.165) is 23.6 Å². The number of carbonyl (C=O) groups is 2. The molecule has 4 aromatic carbocycles. The van der Waals surface area contributed by atoms with E-state index in [2.05, 4.69) is 4.74 Å². The first-order valence-electron chi connectivity index (χ1n) is 12.8. The summed E-state index contributed by atoms with van der Waals surface area (Å²) in [7, 11) is -3.42. The lowest BCUT2D eigenvalue weighted by Crippen LogP contribution is -2.64. The van der Waals surface area contributed by atoms with Crippen LogP contribution in [0.5, 0.6) is 0 Å². The minimum absolute atomic E-state index is 0.0406. The molecule has 1 amide bonds. The molecule has 1 aliphatic rings. The van der Waals surface area contributed by atoms with Crippen LogP contribution in [0.3, 0.4) is 0 Å². The van der Waals surface area contributed by atoms with Gasteiger partial charge in [-0.3, -0.25) is 9.69 Å². The lowest BCUT2D eigenvalue weighted by Gasteiger charge is -2.40. The minimum Gasteiger partial charge on any atom is -0.438 e. The highest BCUT2D eigenvalue weighted by molar-refractivity contribution is 7.93. The maximum Gasteiger partial charge on any atom is 0.509 e. The summed E-state index contributed by atoms with van der Waals surface area (Å²) >= 11 is 0. The first-order chi connectivity index (χ1) is 19.7. The molecule has 1 unspecified atom stereocenters. The summed E-state index contributed by atoms with van der Waals surface area (Å²) in [5.41, 5.74) is 9.04. The van der Waals surface area contributed by atoms with E-state index in [4.69, 9.17) is 10.5 Å². The molecule has 208 valence electrons. The number of nitrogens with zero attached hydrogens (tertiary/aromatic N) is 2. The third kappa shape index (κ3) is 5.25. The van der Waals surface area contributed by atoms with Crippen molar-refractivity contribution in [1.82, 2.24) is 4.90 Å². The number of hydrogen-bond acceptors (Lipinski definition) is 8.